The molecule has 0 fully saturated rings. The van der Waals surface area contributed by atoms with Gasteiger partial charge in [0.25, 0.3) is 0 Å². The number of hydrogen-bond donors (Lipinski definition) is 0. The number of nitrogens with zero attached hydrogens (tertiary/aromatic N) is 3. The summed E-state index contributed by atoms with van der Waals surface area (Å²) in [5.74, 6) is 0. The summed E-state index contributed by atoms with van der Waals surface area (Å²) in [6, 6.07) is 6.88. The van der Waals surface area contributed by atoms with Gasteiger partial charge < -0.3 is 0 Å². The first-order valence-electron chi connectivity index (χ1n) is 5.08. The third-order valence-corrected chi connectivity index (χ3v) is 2.44. The van der Waals surface area contributed by atoms with E-state index in [1.807, 2.05) is 0 Å². The Morgan fingerprint density at radius 3 is 2.67 bits per heavy atom. The van der Waals surface area contributed by atoms with Gasteiger partial charge in [-0.1, -0.05) is 6.07 Å². The lowest BCUT2D eigenvalue weighted by Gasteiger charge is -2.13. The van der Waals surface area contributed by atoms with Gasteiger partial charge in [0.1, 0.15) is 0 Å². The minimum Gasteiger partial charge on any atom is -0.268 e. The molecule has 1 aromatic heterocycles. The van der Waals surface area contributed by atoms with E-state index in [4.69, 9.17) is 5.26 Å². The third kappa shape index (κ3) is 2.51. The Labute approximate surface area is 101 Å². The SMILES string of the molecule is N#Cc1ccc(Cn2cccn2)c(C(F)(F)F)c1. The highest BCUT2D eigenvalue weighted by Crippen LogP contribution is 2.33. The summed E-state index contributed by atoms with van der Waals surface area (Å²) in [6.07, 6.45) is -1.40. The molecule has 0 saturated carbocycles. The van der Waals surface area contributed by atoms with Crippen LogP contribution in [0, 0.1) is 11.3 Å². The zero-order valence-electron chi connectivity index (χ0n) is 9.15. The molecular formula is C12H8F3N3. The van der Waals surface area contributed by atoms with Crippen molar-refractivity contribution >= 4 is 0 Å². The minimum absolute atomic E-state index is 0.00783. The number of nitriles is 1. The van der Waals surface area contributed by atoms with Crippen LogP contribution in [0.5, 0.6) is 0 Å². The van der Waals surface area contributed by atoms with Gasteiger partial charge in [0.05, 0.1) is 23.7 Å². The normalized spacial score (nSPS) is 11.2. The number of aromatic nitrogens is 2. The highest BCUT2D eigenvalue weighted by Gasteiger charge is 2.33. The van der Waals surface area contributed by atoms with Gasteiger partial charge in [0, 0.05) is 12.4 Å². The summed E-state index contributed by atoms with van der Waals surface area (Å²) in [6.45, 7) is 0.0214. The predicted octanol–water partition coefficient (Wildman–Crippen LogP) is 2.82. The molecule has 0 aliphatic rings. The fourth-order valence-electron chi connectivity index (χ4n) is 1.62. The van der Waals surface area contributed by atoms with Crippen molar-refractivity contribution in [2.45, 2.75) is 12.7 Å². The van der Waals surface area contributed by atoms with Gasteiger partial charge in [-0.2, -0.15) is 23.5 Å². The molecule has 2 aromatic rings. The topological polar surface area (TPSA) is 41.6 Å². The van der Waals surface area contributed by atoms with Gasteiger partial charge in [-0.25, -0.2) is 0 Å². The van der Waals surface area contributed by atoms with Crippen LogP contribution in [0.15, 0.2) is 36.7 Å². The standard InChI is InChI=1S/C12H8F3N3/c13-12(14,15)11-6-9(7-16)2-3-10(11)8-18-5-1-4-17-18/h1-6H,8H2. The van der Waals surface area contributed by atoms with Gasteiger partial charge >= 0.3 is 6.18 Å². The van der Waals surface area contributed by atoms with E-state index in [9.17, 15) is 13.2 Å². The third-order valence-electron chi connectivity index (χ3n) is 2.44. The van der Waals surface area contributed by atoms with Crippen LogP contribution in [-0.2, 0) is 12.7 Å². The Kier molecular flexibility index (Phi) is 3.06. The van der Waals surface area contributed by atoms with Crippen molar-refractivity contribution in [1.29, 1.82) is 5.26 Å². The maximum Gasteiger partial charge on any atom is 0.416 e. The predicted molar refractivity (Wildman–Crippen MR) is 57.5 cm³/mol. The van der Waals surface area contributed by atoms with E-state index in [1.54, 1.807) is 18.3 Å². The molecule has 1 aromatic carbocycles. The molecule has 1 heterocycles. The number of benzene rings is 1. The molecule has 2 rings (SSSR count). The van der Waals surface area contributed by atoms with Gasteiger partial charge in [-0.05, 0) is 23.8 Å². The Bertz CT molecular complexity index is 580. The van der Waals surface area contributed by atoms with Crippen molar-refractivity contribution in [3.8, 4) is 6.07 Å². The lowest BCUT2D eigenvalue weighted by molar-refractivity contribution is -0.138. The van der Waals surface area contributed by atoms with E-state index < -0.39 is 11.7 Å². The molecule has 0 radical (unpaired) electrons. The smallest absolute Gasteiger partial charge is 0.268 e. The molecular weight excluding hydrogens is 243 g/mol. The van der Waals surface area contributed by atoms with E-state index in [1.165, 1.54) is 23.0 Å². The summed E-state index contributed by atoms with van der Waals surface area (Å²) in [4.78, 5) is 0. The molecule has 18 heavy (non-hydrogen) atoms. The molecule has 0 N–H and O–H groups in total. The number of rotatable bonds is 2. The van der Waals surface area contributed by atoms with Crippen LogP contribution in [0.2, 0.25) is 0 Å². The largest absolute Gasteiger partial charge is 0.416 e. The maximum atomic E-state index is 12.9. The van der Waals surface area contributed by atoms with Crippen molar-refractivity contribution in [1.82, 2.24) is 9.78 Å². The molecule has 0 bridgehead atoms. The highest BCUT2D eigenvalue weighted by atomic mass is 19.4. The Hall–Kier alpha value is -2.29. The Morgan fingerprint density at radius 2 is 2.11 bits per heavy atom. The first-order valence-corrected chi connectivity index (χ1v) is 5.08. The van der Waals surface area contributed by atoms with Crippen LogP contribution in [0.25, 0.3) is 0 Å². The zero-order valence-corrected chi connectivity index (χ0v) is 9.15. The second-order valence-electron chi connectivity index (χ2n) is 3.69. The maximum absolute atomic E-state index is 12.9. The summed E-state index contributed by atoms with van der Waals surface area (Å²) in [7, 11) is 0. The van der Waals surface area contributed by atoms with Crippen LogP contribution in [0.1, 0.15) is 16.7 Å². The van der Waals surface area contributed by atoms with Crippen molar-refractivity contribution in [3.05, 3.63) is 53.3 Å². The number of alkyl halides is 3. The van der Waals surface area contributed by atoms with Crippen molar-refractivity contribution in [3.63, 3.8) is 0 Å². The van der Waals surface area contributed by atoms with Crippen molar-refractivity contribution in [2.75, 3.05) is 0 Å². The lowest BCUT2D eigenvalue weighted by Crippen LogP contribution is -2.12. The fraction of sp³-hybridized carbons (Fsp3) is 0.167. The molecule has 6 heteroatoms. The molecule has 0 saturated heterocycles. The minimum atomic E-state index is -4.48. The van der Waals surface area contributed by atoms with Gasteiger partial charge in [0.2, 0.25) is 0 Å². The molecule has 3 nitrogen and oxygen atoms in total. The average molecular weight is 251 g/mol. The summed E-state index contributed by atoms with van der Waals surface area (Å²) in [5.41, 5.74) is -0.714. The fourth-order valence-corrected chi connectivity index (χ4v) is 1.62. The Balaban J connectivity index is 2.44. The second-order valence-corrected chi connectivity index (χ2v) is 3.69. The molecule has 0 spiro atoms. The molecule has 0 atom stereocenters. The van der Waals surface area contributed by atoms with E-state index in [2.05, 4.69) is 5.10 Å². The molecule has 0 amide bonds. The van der Waals surface area contributed by atoms with E-state index in [0.29, 0.717) is 0 Å². The monoisotopic (exact) mass is 251 g/mol. The van der Waals surface area contributed by atoms with E-state index in [-0.39, 0.29) is 17.7 Å². The van der Waals surface area contributed by atoms with Gasteiger partial charge in [-0.15, -0.1) is 0 Å². The van der Waals surface area contributed by atoms with Crippen molar-refractivity contribution < 1.29 is 13.2 Å². The first-order chi connectivity index (χ1) is 8.50. The van der Waals surface area contributed by atoms with Crippen LogP contribution in [-0.4, -0.2) is 9.78 Å². The highest BCUT2D eigenvalue weighted by molar-refractivity contribution is 5.39. The number of halogens is 3. The first kappa shape index (κ1) is 12.2. The van der Waals surface area contributed by atoms with Crippen LogP contribution in [0.4, 0.5) is 13.2 Å². The van der Waals surface area contributed by atoms with Crippen LogP contribution in [0.3, 0.4) is 0 Å². The summed E-state index contributed by atoms with van der Waals surface area (Å²) >= 11 is 0. The van der Waals surface area contributed by atoms with E-state index in [0.717, 1.165) is 6.07 Å². The summed E-state index contributed by atoms with van der Waals surface area (Å²) < 4.78 is 40.0. The van der Waals surface area contributed by atoms with Crippen LogP contribution < -0.4 is 0 Å². The Morgan fingerprint density at radius 1 is 1.33 bits per heavy atom. The van der Waals surface area contributed by atoms with Gasteiger partial charge in [0.15, 0.2) is 0 Å². The molecule has 0 aliphatic heterocycles. The second kappa shape index (κ2) is 4.53. The average Bonchev–Trinajstić information content (AvgIpc) is 2.81. The quantitative estimate of drug-likeness (QED) is 0.823. The van der Waals surface area contributed by atoms with Crippen molar-refractivity contribution in [2.24, 2.45) is 0 Å². The molecule has 0 aliphatic carbocycles. The molecule has 0 unspecified atom stereocenters. The van der Waals surface area contributed by atoms with Gasteiger partial charge in [-0.3, -0.25) is 4.68 Å². The molecule has 92 valence electrons. The zero-order chi connectivity index (χ0) is 13.2. The number of hydrogen-bond acceptors (Lipinski definition) is 2. The van der Waals surface area contributed by atoms with E-state index >= 15 is 0 Å². The lowest BCUT2D eigenvalue weighted by atomic mass is 10.0. The van der Waals surface area contributed by atoms with Crippen LogP contribution >= 0.6 is 0 Å². The summed E-state index contributed by atoms with van der Waals surface area (Å²) in [5, 5.41) is 12.5.